The lowest BCUT2D eigenvalue weighted by Crippen LogP contribution is -2.14. The molecule has 0 saturated heterocycles. The highest BCUT2D eigenvalue weighted by Gasteiger charge is 2.29. The maximum atomic E-state index is 5.49. The Morgan fingerprint density at radius 1 is 0.357 bits per heavy atom. The Morgan fingerprint density at radius 2 is 0.893 bits per heavy atom. The SMILES string of the molecule is c1ccc(-c2nc(-c3ccccc3)nc(-c3cccc(-c4cccc(N5c6ccccc6-c6ccccc6-n6c5nc5c7ccccc7ccc56)c4)c3)n2)cc1. The number of aromatic nitrogens is 5. The summed E-state index contributed by atoms with van der Waals surface area (Å²) < 4.78 is 2.32. The fraction of sp³-hybridized carbons (Fsp3) is 0. The van der Waals surface area contributed by atoms with Crippen molar-refractivity contribution in [3.8, 4) is 62.1 Å². The molecule has 0 amide bonds. The second-order valence-corrected chi connectivity index (χ2v) is 13.9. The summed E-state index contributed by atoms with van der Waals surface area (Å²) in [7, 11) is 0. The number of para-hydroxylation sites is 2. The second-order valence-electron chi connectivity index (χ2n) is 13.9. The van der Waals surface area contributed by atoms with E-state index in [0.717, 1.165) is 78.4 Å². The normalized spacial score (nSPS) is 11.9. The van der Waals surface area contributed by atoms with Crippen LogP contribution in [0.25, 0.3) is 83.9 Å². The molecular weight excluding hydrogens is 685 g/mol. The van der Waals surface area contributed by atoms with Crippen LogP contribution >= 0.6 is 0 Å². The third-order valence-corrected chi connectivity index (χ3v) is 10.6. The van der Waals surface area contributed by atoms with Gasteiger partial charge in [-0.15, -0.1) is 0 Å². The topological polar surface area (TPSA) is 59.7 Å². The van der Waals surface area contributed by atoms with Crippen molar-refractivity contribution in [3.05, 3.63) is 194 Å². The minimum atomic E-state index is 0.621. The third-order valence-electron chi connectivity index (χ3n) is 10.6. The van der Waals surface area contributed by atoms with E-state index < -0.39 is 0 Å². The molecule has 3 heterocycles. The lowest BCUT2D eigenvalue weighted by molar-refractivity contribution is 1.05. The summed E-state index contributed by atoms with van der Waals surface area (Å²) in [6, 6.07) is 67.5. The van der Waals surface area contributed by atoms with Gasteiger partial charge in [0.1, 0.15) is 0 Å². The Kier molecular flexibility index (Phi) is 7.38. The fourth-order valence-electron chi connectivity index (χ4n) is 7.94. The first-order valence-electron chi connectivity index (χ1n) is 18.7. The molecule has 10 aromatic rings. The minimum absolute atomic E-state index is 0.621. The van der Waals surface area contributed by atoms with Crippen LogP contribution in [0.5, 0.6) is 0 Å². The van der Waals surface area contributed by atoms with Crippen LogP contribution in [0.3, 0.4) is 0 Å². The quantitative estimate of drug-likeness (QED) is 0.177. The first-order chi connectivity index (χ1) is 27.8. The lowest BCUT2D eigenvalue weighted by Gasteiger charge is -2.25. The number of fused-ring (bicyclic) bond motifs is 9. The van der Waals surface area contributed by atoms with Crippen LogP contribution in [-0.2, 0) is 0 Å². The van der Waals surface area contributed by atoms with E-state index in [-0.39, 0.29) is 0 Å². The second kappa shape index (κ2) is 13.0. The highest BCUT2D eigenvalue weighted by molar-refractivity contribution is 6.07. The minimum Gasteiger partial charge on any atom is -0.280 e. The Hall–Kier alpha value is -7.70. The molecule has 1 aliphatic rings. The molecule has 0 radical (unpaired) electrons. The molecule has 2 aromatic heterocycles. The molecule has 56 heavy (non-hydrogen) atoms. The van der Waals surface area contributed by atoms with Crippen molar-refractivity contribution >= 4 is 39.1 Å². The van der Waals surface area contributed by atoms with Crippen LogP contribution in [0.15, 0.2) is 194 Å². The first-order valence-corrected chi connectivity index (χ1v) is 18.7. The Labute approximate surface area is 323 Å². The molecule has 1 aliphatic heterocycles. The van der Waals surface area contributed by atoms with Gasteiger partial charge in [-0.3, -0.25) is 9.47 Å². The van der Waals surface area contributed by atoms with E-state index in [1.54, 1.807) is 0 Å². The zero-order valence-electron chi connectivity index (χ0n) is 30.2. The Balaban J connectivity index is 1.08. The van der Waals surface area contributed by atoms with Gasteiger partial charge in [-0.05, 0) is 52.9 Å². The number of anilines is 3. The molecule has 0 bridgehead atoms. The van der Waals surface area contributed by atoms with Crippen molar-refractivity contribution in [1.29, 1.82) is 0 Å². The monoisotopic (exact) mass is 716 g/mol. The van der Waals surface area contributed by atoms with Gasteiger partial charge in [-0.1, -0.05) is 158 Å². The van der Waals surface area contributed by atoms with E-state index in [4.69, 9.17) is 19.9 Å². The standard InChI is InChI=1S/C50H32N6/c1-3-16-34(17-4-1)47-52-48(35-18-5-2-6-19-35)54-49(53-47)38-22-13-20-36(31-38)37-21-14-23-39(32-37)55-43-27-11-9-25-41(43)42-26-10-12-28-44(42)56-45-30-29-33-15-7-8-24-40(33)46(45)51-50(55)56/h1-32H. The largest absolute Gasteiger partial charge is 0.280 e. The molecule has 0 spiro atoms. The number of imidazole rings is 1. The van der Waals surface area contributed by atoms with E-state index in [9.17, 15) is 0 Å². The van der Waals surface area contributed by atoms with Crippen LogP contribution in [0.1, 0.15) is 0 Å². The average Bonchev–Trinajstić information content (AvgIpc) is 3.61. The summed E-state index contributed by atoms with van der Waals surface area (Å²) in [4.78, 5) is 22.7. The number of benzene rings is 8. The molecular formula is C50H32N6. The molecule has 0 fully saturated rings. The van der Waals surface area contributed by atoms with Crippen LogP contribution < -0.4 is 4.90 Å². The third kappa shape index (κ3) is 5.27. The van der Waals surface area contributed by atoms with E-state index >= 15 is 0 Å². The molecule has 6 heteroatoms. The molecule has 11 rings (SSSR count). The van der Waals surface area contributed by atoms with Crippen molar-refractivity contribution in [2.24, 2.45) is 0 Å². The fourth-order valence-corrected chi connectivity index (χ4v) is 7.94. The zero-order valence-corrected chi connectivity index (χ0v) is 30.2. The van der Waals surface area contributed by atoms with E-state index in [2.05, 4.69) is 143 Å². The van der Waals surface area contributed by atoms with Gasteiger partial charge in [0.25, 0.3) is 0 Å². The summed E-state index contributed by atoms with van der Waals surface area (Å²) in [5, 5.41) is 2.30. The van der Waals surface area contributed by atoms with E-state index in [0.29, 0.717) is 17.5 Å². The van der Waals surface area contributed by atoms with Gasteiger partial charge in [-0.25, -0.2) is 19.9 Å². The number of rotatable bonds is 5. The zero-order chi connectivity index (χ0) is 37.0. The van der Waals surface area contributed by atoms with Gasteiger partial charge in [-0.2, -0.15) is 0 Å². The molecule has 0 N–H and O–H groups in total. The number of nitrogens with zero attached hydrogens (tertiary/aromatic N) is 6. The van der Waals surface area contributed by atoms with Gasteiger partial charge in [0.15, 0.2) is 17.5 Å². The van der Waals surface area contributed by atoms with Gasteiger partial charge in [0.2, 0.25) is 5.95 Å². The predicted octanol–water partition coefficient (Wildman–Crippen LogP) is 12.5. The van der Waals surface area contributed by atoms with Crippen molar-refractivity contribution in [3.63, 3.8) is 0 Å². The van der Waals surface area contributed by atoms with E-state index in [1.807, 2.05) is 60.7 Å². The molecule has 6 nitrogen and oxygen atoms in total. The summed E-state index contributed by atoms with van der Waals surface area (Å²) >= 11 is 0. The van der Waals surface area contributed by atoms with Crippen LogP contribution in [0, 0.1) is 0 Å². The van der Waals surface area contributed by atoms with Gasteiger partial charge >= 0.3 is 0 Å². The van der Waals surface area contributed by atoms with Crippen molar-refractivity contribution in [1.82, 2.24) is 24.5 Å². The van der Waals surface area contributed by atoms with Crippen LogP contribution in [-0.4, -0.2) is 24.5 Å². The smallest absolute Gasteiger partial charge is 0.220 e. The molecule has 0 saturated carbocycles. The highest BCUT2D eigenvalue weighted by Crippen LogP contribution is 2.48. The van der Waals surface area contributed by atoms with E-state index in [1.165, 1.54) is 5.39 Å². The Bertz CT molecular complexity index is 3040. The lowest BCUT2D eigenvalue weighted by atomic mass is 10.00. The van der Waals surface area contributed by atoms with Crippen LogP contribution in [0.4, 0.5) is 17.3 Å². The molecule has 0 unspecified atom stereocenters. The van der Waals surface area contributed by atoms with Gasteiger partial charge in [0, 0.05) is 38.9 Å². The summed E-state index contributed by atoms with van der Waals surface area (Å²) in [6.07, 6.45) is 0. The van der Waals surface area contributed by atoms with Crippen LogP contribution in [0.2, 0.25) is 0 Å². The van der Waals surface area contributed by atoms with Gasteiger partial charge in [0.05, 0.1) is 22.4 Å². The molecule has 0 aliphatic carbocycles. The van der Waals surface area contributed by atoms with Crippen molar-refractivity contribution in [2.45, 2.75) is 0 Å². The Morgan fingerprint density at radius 3 is 1.62 bits per heavy atom. The maximum absolute atomic E-state index is 5.49. The van der Waals surface area contributed by atoms with Gasteiger partial charge < -0.3 is 0 Å². The summed E-state index contributed by atoms with van der Waals surface area (Å²) in [6.45, 7) is 0. The molecule has 0 atom stereocenters. The predicted molar refractivity (Wildman–Crippen MR) is 227 cm³/mol. The maximum Gasteiger partial charge on any atom is 0.220 e. The highest BCUT2D eigenvalue weighted by atomic mass is 15.3. The first kappa shape index (κ1) is 31.8. The number of hydrogen-bond donors (Lipinski definition) is 0. The molecule has 262 valence electrons. The average molecular weight is 717 g/mol. The molecule has 8 aromatic carbocycles. The summed E-state index contributed by atoms with van der Waals surface area (Å²) in [5.41, 5.74) is 12.4. The number of hydrogen-bond acceptors (Lipinski definition) is 5. The van der Waals surface area contributed by atoms with Crippen molar-refractivity contribution < 1.29 is 0 Å². The van der Waals surface area contributed by atoms with Crippen molar-refractivity contribution in [2.75, 3.05) is 4.90 Å². The summed E-state index contributed by atoms with van der Waals surface area (Å²) in [5.74, 6) is 2.74.